The first-order valence-electron chi connectivity index (χ1n) is 6.35. The van der Waals surface area contributed by atoms with Gasteiger partial charge in [-0.3, -0.25) is 4.98 Å². The van der Waals surface area contributed by atoms with Gasteiger partial charge in [0.05, 0.1) is 11.6 Å². The molecule has 1 aromatic carbocycles. The molecule has 5 heteroatoms. The lowest BCUT2D eigenvalue weighted by molar-refractivity contribution is -0.158. The van der Waals surface area contributed by atoms with Crippen molar-refractivity contribution < 1.29 is 14.3 Å². The smallest absolute Gasteiger partial charge is 0.349 e. The molecule has 0 amide bonds. The fourth-order valence-corrected chi connectivity index (χ4v) is 2.03. The third kappa shape index (κ3) is 2.85. The number of carbonyl (C=O) groups is 1. The Morgan fingerprint density at radius 3 is 2.80 bits per heavy atom. The van der Waals surface area contributed by atoms with Gasteiger partial charge in [-0.2, -0.15) is 0 Å². The average molecular weight is 294 g/mol. The number of fused-ring (bicyclic) bond motifs is 1. The van der Waals surface area contributed by atoms with Crippen molar-refractivity contribution in [2.45, 2.75) is 26.4 Å². The van der Waals surface area contributed by atoms with E-state index >= 15 is 0 Å². The molecule has 0 spiro atoms. The van der Waals surface area contributed by atoms with E-state index in [1.54, 1.807) is 45.2 Å². The monoisotopic (exact) mass is 293 g/mol. The number of ether oxygens (including phenoxy) is 2. The lowest BCUT2D eigenvalue weighted by Crippen LogP contribution is -2.39. The number of aromatic nitrogens is 1. The van der Waals surface area contributed by atoms with Gasteiger partial charge in [0.25, 0.3) is 0 Å². The fourth-order valence-electron chi connectivity index (χ4n) is 1.82. The second kappa shape index (κ2) is 5.67. The number of benzene rings is 1. The van der Waals surface area contributed by atoms with Gasteiger partial charge in [-0.15, -0.1) is 0 Å². The van der Waals surface area contributed by atoms with Gasteiger partial charge in [-0.1, -0.05) is 11.6 Å². The highest BCUT2D eigenvalue weighted by molar-refractivity contribution is 6.35. The highest BCUT2D eigenvalue weighted by Crippen LogP contribution is 2.31. The van der Waals surface area contributed by atoms with Gasteiger partial charge in [0.2, 0.25) is 0 Å². The topological polar surface area (TPSA) is 48.4 Å². The minimum Gasteiger partial charge on any atom is -0.474 e. The fraction of sp³-hybridized carbons (Fsp3) is 0.333. The second-order valence-electron chi connectivity index (χ2n) is 4.78. The van der Waals surface area contributed by atoms with Crippen molar-refractivity contribution in [2.75, 3.05) is 6.61 Å². The van der Waals surface area contributed by atoms with Crippen LogP contribution in [0.25, 0.3) is 10.9 Å². The summed E-state index contributed by atoms with van der Waals surface area (Å²) in [5.41, 5.74) is -0.466. The molecule has 0 aliphatic rings. The molecule has 0 radical (unpaired) electrons. The first-order valence-corrected chi connectivity index (χ1v) is 6.73. The molecule has 2 rings (SSSR count). The molecule has 0 unspecified atom stereocenters. The minimum absolute atomic E-state index is 0.311. The maximum absolute atomic E-state index is 11.9. The van der Waals surface area contributed by atoms with Crippen LogP contribution in [0.3, 0.4) is 0 Å². The van der Waals surface area contributed by atoms with Crippen molar-refractivity contribution in [3.63, 3.8) is 0 Å². The lowest BCUT2D eigenvalue weighted by atomic mass is 10.1. The van der Waals surface area contributed by atoms with Gasteiger partial charge in [-0.25, -0.2) is 4.79 Å². The number of esters is 1. The molecule has 0 fully saturated rings. The van der Waals surface area contributed by atoms with Crippen molar-refractivity contribution in [1.82, 2.24) is 4.98 Å². The van der Waals surface area contributed by atoms with E-state index in [2.05, 4.69) is 4.98 Å². The van der Waals surface area contributed by atoms with Crippen molar-refractivity contribution >= 4 is 28.5 Å². The normalized spacial score (nSPS) is 11.4. The molecule has 0 aliphatic heterocycles. The standard InChI is InChI=1S/C15H16ClNO3/c1-4-19-14(18)15(2,3)20-12-8-7-11(16)10-6-5-9-17-13(10)12/h5-9H,4H2,1-3H3. The largest absolute Gasteiger partial charge is 0.474 e. The molecular formula is C15H16ClNO3. The first kappa shape index (κ1) is 14.6. The Kier molecular flexibility index (Phi) is 4.14. The predicted molar refractivity (Wildman–Crippen MR) is 78.1 cm³/mol. The number of pyridine rings is 1. The van der Waals surface area contributed by atoms with Crippen LogP contribution < -0.4 is 4.74 Å². The Balaban J connectivity index is 2.39. The van der Waals surface area contributed by atoms with Crippen LogP contribution >= 0.6 is 11.6 Å². The van der Waals surface area contributed by atoms with Crippen molar-refractivity contribution in [3.05, 3.63) is 35.5 Å². The van der Waals surface area contributed by atoms with Gasteiger partial charge in [-0.05, 0) is 45.0 Å². The highest BCUT2D eigenvalue weighted by Gasteiger charge is 2.32. The zero-order chi connectivity index (χ0) is 14.8. The van der Waals surface area contributed by atoms with E-state index < -0.39 is 11.6 Å². The summed E-state index contributed by atoms with van der Waals surface area (Å²) in [5.74, 6) is 0.0853. The molecule has 0 saturated carbocycles. The molecule has 106 valence electrons. The molecule has 0 atom stereocenters. The number of carbonyl (C=O) groups excluding carboxylic acids is 1. The summed E-state index contributed by atoms with van der Waals surface area (Å²) in [5, 5.41) is 1.38. The van der Waals surface area contributed by atoms with Crippen molar-refractivity contribution in [3.8, 4) is 5.75 Å². The van der Waals surface area contributed by atoms with Gasteiger partial charge in [0.1, 0.15) is 11.3 Å². The molecule has 2 aromatic rings. The van der Waals surface area contributed by atoms with Gasteiger partial charge in [0, 0.05) is 11.6 Å². The summed E-state index contributed by atoms with van der Waals surface area (Å²) in [6.45, 7) is 5.39. The van der Waals surface area contributed by atoms with Crippen molar-refractivity contribution in [2.24, 2.45) is 0 Å². The van der Waals surface area contributed by atoms with Crippen LogP contribution in [-0.4, -0.2) is 23.2 Å². The van der Waals surface area contributed by atoms with Gasteiger partial charge < -0.3 is 9.47 Å². The molecule has 0 bridgehead atoms. The molecule has 4 nitrogen and oxygen atoms in total. The Morgan fingerprint density at radius 2 is 2.10 bits per heavy atom. The zero-order valence-electron chi connectivity index (χ0n) is 11.6. The zero-order valence-corrected chi connectivity index (χ0v) is 12.4. The predicted octanol–water partition coefficient (Wildman–Crippen LogP) is 3.61. The van der Waals surface area contributed by atoms with Crippen LogP contribution in [0.5, 0.6) is 5.75 Å². The molecule has 0 saturated heterocycles. The average Bonchev–Trinajstić information content (AvgIpc) is 2.42. The Hall–Kier alpha value is -1.81. The third-order valence-corrected chi connectivity index (χ3v) is 3.14. The second-order valence-corrected chi connectivity index (χ2v) is 5.19. The van der Waals surface area contributed by atoms with E-state index in [0.717, 1.165) is 5.39 Å². The molecule has 0 N–H and O–H groups in total. The summed E-state index contributed by atoms with van der Waals surface area (Å²) < 4.78 is 10.8. The van der Waals surface area contributed by atoms with E-state index in [-0.39, 0.29) is 0 Å². The van der Waals surface area contributed by atoms with Crippen LogP contribution in [0.2, 0.25) is 5.02 Å². The van der Waals surface area contributed by atoms with Gasteiger partial charge in [0.15, 0.2) is 5.60 Å². The van der Waals surface area contributed by atoms with Gasteiger partial charge >= 0.3 is 5.97 Å². The number of halogens is 1. The first-order chi connectivity index (χ1) is 9.45. The SMILES string of the molecule is CCOC(=O)C(C)(C)Oc1ccc(Cl)c2cccnc12. The quantitative estimate of drug-likeness (QED) is 0.808. The Labute approximate surface area is 122 Å². The summed E-state index contributed by atoms with van der Waals surface area (Å²) in [6, 6.07) is 7.09. The van der Waals surface area contributed by atoms with Crippen molar-refractivity contribution in [1.29, 1.82) is 0 Å². The van der Waals surface area contributed by atoms with Crippen LogP contribution in [0.4, 0.5) is 0 Å². The summed E-state index contributed by atoms with van der Waals surface area (Å²) >= 11 is 6.13. The maximum atomic E-state index is 11.9. The maximum Gasteiger partial charge on any atom is 0.349 e. The number of hydrogen-bond donors (Lipinski definition) is 0. The van der Waals surface area contributed by atoms with Crippen LogP contribution in [0, 0.1) is 0 Å². The summed E-state index contributed by atoms with van der Waals surface area (Å²) in [4.78, 5) is 16.1. The van der Waals surface area contributed by atoms with E-state index in [4.69, 9.17) is 21.1 Å². The Bertz CT molecular complexity index is 640. The van der Waals surface area contributed by atoms with E-state index in [1.165, 1.54) is 0 Å². The summed E-state index contributed by atoms with van der Waals surface area (Å²) in [6.07, 6.45) is 1.66. The van der Waals surface area contributed by atoms with Crippen LogP contribution in [-0.2, 0) is 9.53 Å². The van der Waals surface area contributed by atoms with Crippen LogP contribution in [0.1, 0.15) is 20.8 Å². The third-order valence-electron chi connectivity index (χ3n) is 2.81. The van der Waals surface area contributed by atoms with E-state index in [9.17, 15) is 4.79 Å². The lowest BCUT2D eigenvalue weighted by Gasteiger charge is -2.24. The minimum atomic E-state index is -1.09. The summed E-state index contributed by atoms with van der Waals surface area (Å²) in [7, 11) is 0. The number of hydrogen-bond acceptors (Lipinski definition) is 4. The van der Waals surface area contributed by atoms with Crippen LogP contribution in [0.15, 0.2) is 30.5 Å². The Morgan fingerprint density at radius 1 is 1.35 bits per heavy atom. The van der Waals surface area contributed by atoms with E-state index in [0.29, 0.717) is 22.9 Å². The molecule has 1 aromatic heterocycles. The molecule has 0 aliphatic carbocycles. The number of rotatable bonds is 4. The molecular weight excluding hydrogens is 278 g/mol. The molecule has 1 heterocycles. The molecule has 20 heavy (non-hydrogen) atoms. The van der Waals surface area contributed by atoms with E-state index in [1.807, 2.05) is 6.07 Å². The number of nitrogens with zero attached hydrogens (tertiary/aromatic N) is 1. The highest BCUT2D eigenvalue weighted by atomic mass is 35.5.